The summed E-state index contributed by atoms with van der Waals surface area (Å²) < 4.78 is 2.42. The number of aliphatic hydroxyl groups is 1. The Morgan fingerprint density at radius 1 is 1.10 bits per heavy atom. The van der Waals surface area contributed by atoms with Gasteiger partial charge in [0.1, 0.15) is 16.7 Å². The summed E-state index contributed by atoms with van der Waals surface area (Å²) in [6.07, 6.45) is 10.7. The number of nitrogens with zero attached hydrogens (tertiary/aromatic N) is 5. The molecule has 0 amide bonds. The number of aryl methyl sites for hydroxylation is 2. The largest absolute Gasteiger partial charge is 0.396 e. The molecule has 5 aliphatic rings. The minimum Gasteiger partial charge on any atom is -0.396 e. The van der Waals surface area contributed by atoms with E-state index in [2.05, 4.69) is 26.6 Å². The summed E-state index contributed by atoms with van der Waals surface area (Å²) in [5, 5.41) is 20.0. The summed E-state index contributed by atoms with van der Waals surface area (Å²) >= 11 is 1.88. The van der Waals surface area contributed by atoms with Crippen LogP contribution in [-0.4, -0.2) is 42.9 Å². The van der Waals surface area contributed by atoms with E-state index in [-0.39, 0.29) is 10.8 Å². The molecular weight excluding hydrogens is 382 g/mol. The molecule has 4 fully saturated rings. The summed E-state index contributed by atoms with van der Waals surface area (Å²) in [7, 11) is 0. The van der Waals surface area contributed by atoms with Crippen LogP contribution in [0.4, 0.5) is 0 Å². The molecule has 6 nitrogen and oxygen atoms in total. The highest BCUT2D eigenvalue weighted by molar-refractivity contribution is 7.11. The van der Waals surface area contributed by atoms with Crippen molar-refractivity contribution in [2.24, 2.45) is 5.41 Å². The molecule has 7 rings (SSSR count). The third kappa shape index (κ3) is 2.77. The van der Waals surface area contributed by atoms with Crippen molar-refractivity contribution in [3.63, 3.8) is 0 Å². The number of hydrogen-bond donors (Lipinski definition) is 1. The van der Waals surface area contributed by atoms with Crippen LogP contribution < -0.4 is 0 Å². The molecule has 7 heteroatoms. The molecule has 1 atom stereocenters. The van der Waals surface area contributed by atoms with Gasteiger partial charge in [-0.05, 0) is 63.8 Å². The maximum atomic E-state index is 9.59. The summed E-state index contributed by atoms with van der Waals surface area (Å²) in [4.78, 5) is 9.11. The first-order chi connectivity index (χ1) is 14.1. The number of aromatic nitrogens is 4. The van der Waals surface area contributed by atoms with Crippen molar-refractivity contribution in [3.05, 3.63) is 27.2 Å². The Morgan fingerprint density at radius 3 is 2.79 bits per heavy atom. The SMILES string of the molecule is Cc1sc(CN2CCCC2c2nnc3n2CCCCC3)nc1C12CC(CO)(C1)C2. The van der Waals surface area contributed by atoms with Crippen molar-refractivity contribution in [2.45, 2.75) is 89.3 Å². The molecule has 2 bridgehead atoms. The number of fused-ring (bicyclic) bond motifs is 1. The van der Waals surface area contributed by atoms with Crippen molar-refractivity contribution in [3.8, 4) is 0 Å². The van der Waals surface area contributed by atoms with Crippen molar-refractivity contribution in [1.29, 1.82) is 0 Å². The van der Waals surface area contributed by atoms with E-state index < -0.39 is 0 Å². The Kier molecular flexibility index (Phi) is 4.20. The molecule has 2 aliphatic heterocycles. The van der Waals surface area contributed by atoms with Gasteiger partial charge in [0, 0.05) is 29.9 Å². The fraction of sp³-hybridized carbons (Fsp3) is 0.773. The van der Waals surface area contributed by atoms with Gasteiger partial charge < -0.3 is 9.67 Å². The Morgan fingerprint density at radius 2 is 1.97 bits per heavy atom. The second-order valence-electron chi connectivity index (χ2n) is 10.0. The van der Waals surface area contributed by atoms with Gasteiger partial charge in [0.05, 0.1) is 18.3 Å². The quantitative estimate of drug-likeness (QED) is 0.812. The average Bonchev–Trinajstić information content (AvgIpc) is 3.29. The van der Waals surface area contributed by atoms with Gasteiger partial charge in [-0.25, -0.2) is 4.98 Å². The monoisotopic (exact) mass is 413 g/mol. The van der Waals surface area contributed by atoms with E-state index in [9.17, 15) is 5.11 Å². The first-order valence-corrected chi connectivity index (χ1v) is 12.2. The van der Waals surface area contributed by atoms with Gasteiger partial charge in [-0.15, -0.1) is 21.5 Å². The highest BCUT2D eigenvalue weighted by Gasteiger charge is 2.69. The Bertz CT molecular complexity index is 914. The molecule has 4 heterocycles. The second kappa shape index (κ2) is 6.59. The van der Waals surface area contributed by atoms with E-state index in [1.165, 1.54) is 59.3 Å². The lowest BCUT2D eigenvalue weighted by Gasteiger charge is -2.69. The highest BCUT2D eigenvalue weighted by Crippen LogP contribution is 2.73. The zero-order chi connectivity index (χ0) is 19.6. The highest BCUT2D eigenvalue weighted by atomic mass is 32.1. The van der Waals surface area contributed by atoms with Gasteiger partial charge in [0.25, 0.3) is 0 Å². The van der Waals surface area contributed by atoms with Crippen LogP contribution in [0.5, 0.6) is 0 Å². The molecule has 0 radical (unpaired) electrons. The van der Waals surface area contributed by atoms with Gasteiger partial charge >= 0.3 is 0 Å². The summed E-state index contributed by atoms with van der Waals surface area (Å²) in [6.45, 7) is 5.72. The molecule has 3 saturated carbocycles. The van der Waals surface area contributed by atoms with Gasteiger partial charge in [0.2, 0.25) is 0 Å². The smallest absolute Gasteiger partial charge is 0.150 e. The van der Waals surface area contributed by atoms with Crippen molar-refractivity contribution >= 4 is 11.3 Å². The molecule has 3 aliphatic carbocycles. The molecular formula is C22H31N5OS. The van der Waals surface area contributed by atoms with E-state index in [0.29, 0.717) is 12.6 Å². The third-order valence-corrected chi connectivity index (χ3v) is 8.91. The first-order valence-electron chi connectivity index (χ1n) is 11.4. The van der Waals surface area contributed by atoms with E-state index in [1.54, 1.807) is 0 Å². The number of aliphatic hydroxyl groups excluding tert-OH is 1. The predicted octanol–water partition coefficient (Wildman–Crippen LogP) is 3.52. The average molecular weight is 414 g/mol. The molecule has 1 N–H and O–H groups in total. The molecule has 2 aromatic heterocycles. The standard InChI is InChI=1S/C22H31N5OS/c1-15-19(22-11-21(12-22,13-22)14-28)23-18(29-15)10-26-8-5-6-16(26)20-25-24-17-7-3-2-4-9-27(17)20/h16,28H,2-14H2,1H3. The lowest BCUT2D eigenvalue weighted by atomic mass is 9.34. The lowest BCUT2D eigenvalue weighted by Crippen LogP contribution is -2.66. The third-order valence-electron chi connectivity index (χ3n) is 7.96. The molecule has 1 unspecified atom stereocenters. The maximum absolute atomic E-state index is 9.59. The zero-order valence-electron chi connectivity index (χ0n) is 17.4. The van der Waals surface area contributed by atoms with Gasteiger partial charge in [0.15, 0.2) is 0 Å². The van der Waals surface area contributed by atoms with Gasteiger partial charge in [-0.1, -0.05) is 6.42 Å². The summed E-state index contributed by atoms with van der Waals surface area (Å²) in [5.74, 6) is 2.38. The predicted molar refractivity (Wildman–Crippen MR) is 112 cm³/mol. The van der Waals surface area contributed by atoms with Crippen molar-refractivity contribution in [1.82, 2.24) is 24.6 Å². The molecule has 156 valence electrons. The maximum Gasteiger partial charge on any atom is 0.150 e. The normalized spacial score (nSPS) is 33.8. The number of likely N-dealkylation sites (tertiary alicyclic amines) is 1. The zero-order valence-corrected chi connectivity index (χ0v) is 18.2. The summed E-state index contributed by atoms with van der Waals surface area (Å²) in [5.41, 5.74) is 1.86. The van der Waals surface area contributed by atoms with E-state index >= 15 is 0 Å². The Hall–Kier alpha value is -1.31. The van der Waals surface area contributed by atoms with Crippen molar-refractivity contribution in [2.75, 3.05) is 13.2 Å². The van der Waals surface area contributed by atoms with Crippen LogP contribution in [0.15, 0.2) is 0 Å². The minimum absolute atomic E-state index is 0.238. The van der Waals surface area contributed by atoms with E-state index in [0.717, 1.165) is 45.3 Å². The Balaban J connectivity index is 1.21. The topological polar surface area (TPSA) is 67.1 Å². The fourth-order valence-corrected chi connectivity index (χ4v) is 7.74. The molecule has 1 saturated heterocycles. The van der Waals surface area contributed by atoms with Crippen LogP contribution in [0.3, 0.4) is 0 Å². The van der Waals surface area contributed by atoms with Crippen LogP contribution in [0, 0.1) is 12.3 Å². The van der Waals surface area contributed by atoms with E-state index in [4.69, 9.17) is 4.98 Å². The van der Waals surface area contributed by atoms with Crippen LogP contribution in [-0.2, 0) is 24.9 Å². The van der Waals surface area contributed by atoms with Gasteiger partial charge in [-0.2, -0.15) is 0 Å². The first kappa shape index (κ1) is 18.5. The number of hydrogen-bond acceptors (Lipinski definition) is 6. The lowest BCUT2D eigenvalue weighted by molar-refractivity contribution is -0.169. The molecule has 29 heavy (non-hydrogen) atoms. The second-order valence-corrected chi connectivity index (χ2v) is 11.3. The molecule has 0 aromatic carbocycles. The van der Waals surface area contributed by atoms with Crippen LogP contribution >= 0.6 is 11.3 Å². The fourth-order valence-electron chi connectivity index (χ4n) is 6.66. The Labute approximate surface area is 176 Å². The molecule has 0 spiro atoms. The number of thiazole rings is 1. The van der Waals surface area contributed by atoms with Crippen LogP contribution in [0.1, 0.15) is 84.6 Å². The molecule has 2 aromatic rings. The number of rotatable bonds is 5. The van der Waals surface area contributed by atoms with Crippen LogP contribution in [0.2, 0.25) is 0 Å². The van der Waals surface area contributed by atoms with Gasteiger partial charge in [-0.3, -0.25) is 4.90 Å². The minimum atomic E-state index is 0.238. The van der Waals surface area contributed by atoms with Crippen LogP contribution in [0.25, 0.3) is 0 Å². The summed E-state index contributed by atoms with van der Waals surface area (Å²) in [6, 6.07) is 0.384. The van der Waals surface area contributed by atoms with Crippen molar-refractivity contribution < 1.29 is 5.11 Å². The van der Waals surface area contributed by atoms with E-state index in [1.807, 2.05) is 11.3 Å².